The molecule has 0 fully saturated rings. The maximum absolute atomic E-state index is 14.1. The van der Waals surface area contributed by atoms with Crippen molar-refractivity contribution in [2.24, 2.45) is 0 Å². The summed E-state index contributed by atoms with van der Waals surface area (Å²) >= 11 is 12.5. The van der Waals surface area contributed by atoms with E-state index in [1.54, 1.807) is 73.7 Å². The highest BCUT2D eigenvalue weighted by Gasteiger charge is 2.33. The first kappa shape index (κ1) is 33.8. The van der Waals surface area contributed by atoms with Gasteiger partial charge in [-0.3, -0.25) is 13.9 Å². The third-order valence-electron chi connectivity index (χ3n) is 6.95. The average Bonchev–Trinajstić information content (AvgIpc) is 3.00. The van der Waals surface area contributed by atoms with E-state index in [-0.39, 0.29) is 23.2 Å². The normalized spacial score (nSPS) is 12.0. The van der Waals surface area contributed by atoms with Gasteiger partial charge in [-0.2, -0.15) is 0 Å². The van der Waals surface area contributed by atoms with Crippen LogP contribution in [0.15, 0.2) is 102 Å². The molecular weight excluding hydrogens is 633 g/mol. The molecule has 2 amide bonds. The molecule has 1 atom stereocenters. The first-order valence-electron chi connectivity index (χ1n) is 14.3. The van der Waals surface area contributed by atoms with Crippen molar-refractivity contribution in [3.8, 4) is 11.5 Å². The van der Waals surface area contributed by atoms with Gasteiger partial charge in [-0.15, -0.1) is 0 Å². The summed E-state index contributed by atoms with van der Waals surface area (Å²) in [6.07, 6.45) is 0. The summed E-state index contributed by atoms with van der Waals surface area (Å²) < 4.78 is 35.1. The van der Waals surface area contributed by atoms with Gasteiger partial charge in [0.1, 0.15) is 24.1 Å². The lowest BCUT2D eigenvalue weighted by Crippen LogP contribution is -2.52. The van der Waals surface area contributed by atoms with Crippen LogP contribution in [0.25, 0.3) is 0 Å². The predicted octanol–water partition coefficient (Wildman–Crippen LogP) is 7.23. The SMILES string of the molecule is Cc1ccc(S(=O)(=O)N(CC(=O)N(Cc2ccc(Cl)cc2Cl)C(C)C(=O)NC(C)C)c2ccc(Oc3ccccc3)cc2)cc1. The van der Waals surface area contributed by atoms with Crippen LogP contribution < -0.4 is 14.4 Å². The maximum atomic E-state index is 14.1. The smallest absolute Gasteiger partial charge is 0.264 e. The van der Waals surface area contributed by atoms with Crippen LogP contribution in [0.4, 0.5) is 5.69 Å². The summed E-state index contributed by atoms with van der Waals surface area (Å²) in [7, 11) is -4.22. The number of carbonyl (C=O) groups is 2. The fourth-order valence-corrected chi connectivity index (χ4v) is 6.37. The van der Waals surface area contributed by atoms with Gasteiger partial charge in [0.15, 0.2) is 0 Å². The number of hydrogen-bond acceptors (Lipinski definition) is 5. The van der Waals surface area contributed by atoms with Gasteiger partial charge >= 0.3 is 0 Å². The van der Waals surface area contributed by atoms with Crippen molar-refractivity contribution in [1.29, 1.82) is 0 Å². The topological polar surface area (TPSA) is 96.0 Å². The Morgan fingerprint density at radius 3 is 2.07 bits per heavy atom. The molecule has 4 aromatic rings. The van der Waals surface area contributed by atoms with Gasteiger partial charge in [0.2, 0.25) is 11.8 Å². The van der Waals surface area contributed by atoms with Crippen molar-refractivity contribution < 1.29 is 22.7 Å². The first-order chi connectivity index (χ1) is 21.3. The van der Waals surface area contributed by atoms with E-state index in [1.807, 2.05) is 39.0 Å². The summed E-state index contributed by atoms with van der Waals surface area (Å²) in [5.41, 5.74) is 1.68. The molecule has 0 aliphatic carbocycles. The van der Waals surface area contributed by atoms with Crippen molar-refractivity contribution in [3.63, 3.8) is 0 Å². The zero-order valence-electron chi connectivity index (χ0n) is 25.4. The molecule has 1 N–H and O–H groups in total. The molecule has 4 rings (SSSR count). The molecule has 8 nitrogen and oxygen atoms in total. The summed E-state index contributed by atoms with van der Waals surface area (Å²) in [4.78, 5) is 28.6. The van der Waals surface area contributed by atoms with Crippen LogP contribution in [0.2, 0.25) is 10.0 Å². The minimum atomic E-state index is -4.22. The Balaban J connectivity index is 1.72. The van der Waals surface area contributed by atoms with E-state index in [1.165, 1.54) is 17.0 Å². The number of carbonyl (C=O) groups excluding carboxylic acids is 2. The van der Waals surface area contributed by atoms with Gasteiger partial charge in [-0.25, -0.2) is 8.42 Å². The Kier molecular flexibility index (Phi) is 11.1. The van der Waals surface area contributed by atoms with Gasteiger partial charge in [0.25, 0.3) is 10.0 Å². The molecule has 45 heavy (non-hydrogen) atoms. The van der Waals surface area contributed by atoms with Gasteiger partial charge in [0, 0.05) is 22.6 Å². The number of anilines is 1. The highest BCUT2D eigenvalue weighted by Crippen LogP contribution is 2.29. The number of sulfonamides is 1. The predicted molar refractivity (Wildman–Crippen MR) is 178 cm³/mol. The van der Waals surface area contributed by atoms with Crippen LogP contribution in [0.3, 0.4) is 0 Å². The van der Waals surface area contributed by atoms with Crippen LogP contribution in [0, 0.1) is 6.92 Å². The quantitative estimate of drug-likeness (QED) is 0.172. The molecule has 11 heteroatoms. The second-order valence-electron chi connectivity index (χ2n) is 10.8. The van der Waals surface area contributed by atoms with Gasteiger partial charge in [0.05, 0.1) is 10.6 Å². The van der Waals surface area contributed by atoms with Crippen LogP contribution >= 0.6 is 23.2 Å². The summed E-state index contributed by atoms with van der Waals surface area (Å²) in [5, 5.41) is 3.56. The number of para-hydroxylation sites is 1. The number of halogens is 2. The van der Waals surface area contributed by atoms with E-state index in [9.17, 15) is 18.0 Å². The molecule has 0 saturated carbocycles. The summed E-state index contributed by atoms with van der Waals surface area (Å²) in [6, 6.07) is 25.7. The fourth-order valence-electron chi connectivity index (χ4n) is 4.49. The van der Waals surface area contributed by atoms with Gasteiger partial charge in [-0.1, -0.05) is 65.2 Å². The molecule has 0 aliphatic rings. The number of amides is 2. The molecule has 236 valence electrons. The fraction of sp³-hybridized carbons (Fsp3) is 0.235. The molecule has 0 aliphatic heterocycles. The van der Waals surface area contributed by atoms with E-state index in [4.69, 9.17) is 27.9 Å². The first-order valence-corrected chi connectivity index (χ1v) is 16.5. The van der Waals surface area contributed by atoms with E-state index in [0.717, 1.165) is 9.87 Å². The number of hydrogen-bond donors (Lipinski definition) is 1. The Morgan fingerprint density at radius 1 is 0.844 bits per heavy atom. The van der Waals surface area contributed by atoms with Crippen LogP contribution in [0.1, 0.15) is 31.9 Å². The number of benzene rings is 4. The van der Waals surface area contributed by atoms with Crippen LogP contribution in [-0.2, 0) is 26.2 Å². The minimum Gasteiger partial charge on any atom is -0.457 e. The highest BCUT2D eigenvalue weighted by atomic mass is 35.5. The van der Waals surface area contributed by atoms with Crippen LogP contribution in [0.5, 0.6) is 11.5 Å². The standard InChI is InChI=1S/C34H35Cl2N3O5S/c1-23(2)37-34(41)25(4)38(21-26-12-13-27(35)20-32(26)36)33(40)22-39(45(42,43)31-18-10-24(3)11-19-31)28-14-16-30(17-15-28)44-29-8-6-5-7-9-29/h5-20,23,25H,21-22H2,1-4H3,(H,37,41). The molecule has 4 aromatic carbocycles. The molecule has 0 aromatic heterocycles. The number of nitrogens with zero attached hydrogens (tertiary/aromatic N) is 2. The summed E-state index contributed by atoms with van der Waals surface area (Å²) in [6.45, 7) is 6.44. The number of aryl methyl sites for hydroxylation is 1. The average molecular weight is 669 g/mol. The zero-order valence-corrected chi connectivity index (χ0v) is 27.7. The third kappa shape index (κ3) is 8.78. The molecule has 0 bridgehead atoms. The van der Waals surface area contributed by atoms with Crippen LogP contribution in [-0.4, -0.2) is 43.8 Å². The number of rotatable bonds is 12. The van der Waals surface area contributed by atoms with Gasteiger partial charge in [-0.05, 0) is 93.9 Å². The Labute approximate surface area is 274 Å². The van der Waals surface area contributed by atoms with E-state index >= 15 is 0 Å². The second kappa shape index (κ2) is 14.8. The minimum absolute atomic E-state index is 0.0170. The van der Waals surface area contributed by atoms with Crippen molar-refractivity contribution in [1.82, 2.24) is 10.2 Å². The molecule has 0 saturated heterocycles. The maximum Gasteiger partial charge on any atom is 0.264 e. The molecule has 0 radical (unpaired) electrons. The summed E-state index contributed by atoms with van der Waals surface area (Å²) in [5.74, 6) is 0.114. The molecule has 0 spiro atoms. The lowest BCUT2D eigenvalue weighted by molar-refractivity contribution is -0.139. The highest BCUT2D eigenvalue weighted by molar-refractivity contribution is 7.92. The lowest BCUT2D eigenvalue weighted by Gasteiger charge is -2.32. The largest absolute Gasteiger partial charge is 0.457 e. The number of ether oxygens (including phenoxy) is 1. The van der Waals surface area contributed by atoms with Crippen molar-refractivity contribution >= 4 is 50.7 Å². The molecular formula is C34H35Cl2N3O5S. The Morgan fingerprint density at radius 2 is 1.47 bits per heavy atom. The van der Waals surface area contributed by atoms with Crippen molar-refractivity contribution in [2.75, 3.05) is 10.8 Å². The van der Waals surface area contributed by atoms with E-state index in [0.29, 0.717) is 27.1 Å². The van der Waals surface area contributed by atoms with Gasteiger partial charge < -0.3 is 15.0 Å². The second-order valence-corrected chi connectivity index (χ2v) is 13.5. The van der Waals surface area contributed by atoms with E-state index in [2.05, 4.69) is 5.32 Å². The lowest BCUT2D eigenvalue weighted by atomic mass is 10.1. The zero-order chi connectivity index (χ0) is 32.7. The van der Waals surface area contributed by atoms with E-state index < -0.39 is 34.4 Å². The Hall–Kier alpha value is -4.05. The van der Waals surface area contributed by atoms with Crippen molar-refractivity contribution in [2.45, 2.75) is 51.2 Å². The Bertz CT molecular complexity index is 1730. The molecule has 1 unspecified atom stereocenters. The monoisotopic (exact) mass is 667 g/mol. The third-order valence-corrected chi connectivity index (χ3v) is 9.32. The molecule has 0 heterocycles. The number of nitrogens with one attached hydrogen (secondary N) is 1. The van der Waals surface area contributed by atoms with Crippen molar-refractivity contribution in [3.05, 3.63) is 118 Å².